The van der Waals surface area contributed by atoms with Crippen LogP contribution in [-0.2, 0) is 17.6 Å². The van der Waals surface area contributed by atoms with Crippen LogP contribution in [0.4, 0.5) is 11.4 Å². The molecule has 27 heavy (non-hydrogen) atoms. The number of carbonyl (C=O) groups excluding carboxylic acids is 2. The Morgan fingerprint density at radius 1 is 0.815 bits per heavy atom. The molecule has 1 saturated carbocycles. The summed E-state index contributed by atoms with van der Waals surface area (Å²) < 4.78 is 0. The molecule has 2 amide bonds. The van der Waals surface area contributed by atoms with Crippen molar-refractivity contribution in [1.29, 1.82) is 0 Å². The lowest BCUT2D eigenvalue weighted by atomic mass is 9.88. The van der Waals surface area contributed by atoms with E-state index in [0.29, 0.717) is 11.3 Å². The molecule has 4 nitrogen and oxygen atoms in total. The first-order valence-corrected chi connectivity index (χ1v) is 10.0. The quantitative estimate of drug-likeness (QED) is 0.809. The third-order valence-electron chi connectivity index (χ3n) is 5.76. The number of nitrogens with one attached hydrogen (secondary N) is 2. The lowest BCUT2D eigenvalue weighted by Crippen LogP contribution is -2.26. The number of amides is 2. The van der Waals surface area contributed by atoms with E-state index in [0.717, 1.165) is 44.2 Å². The van der Waals surface area contributed by atoms with Crippen LogP contribution in [0.5, 0.6) is 0 Å². The van der Waals surface area contributed by atoms with Gasteiger partial charge in [-0.25, -0.2) is 0 Å². The Morgan fingerprint density at radius 3 is 2.44 bits per heavy atom. The van der Waals surface area contributed by atoms with Crippen LogP contribution in [0.25, 0.3) is 0 Å². The Kier molecular flexibility index (Phi) is 5.23. The summed E-state index contributed by atoms with van der Waals surface area (Å²) in [6, 6.07) is 13.4. The fraction of sp³-hybridized carbons (Fsp3) is 0.391. The van der Waals surface area contributed by atoms with Crippen molar-refractivity contribution in [3.8, 4) is 0 Å². The van der Waals surface area contributed by atoms with Crippen LogP contribution in [0.1, 0.15) is 60.0 Å². The van der Waals surface area contributed by atoms with Gasteiger partial charge in [-0.15, -0.1) is 0 Å². The maximum absolute atomic E-state index is 12.8. The van der Waals surface area contributed by atoms with Gasteiger partial charge in [0.2, 0.25) is 5.91 Å². The van der Waals surface area contributed by atoms with Gasteiger partial charge >= 0.3 is 0 Å². The van der Waals surface area contributed by atoms with Crippen molar-refractivity contribution < 1.29 is 9.59 Å². The van der Waals surface area contributed by atoms with Gasteiger partial charge in [-0.05, 0) is 67.5 Å². The van der Waals surface area contributed by atoms with E-state index in [-0.39, 0.29) is 17.7 Å². The highest BCUT2D eigenvalue weighted by molar-refractivity contribution is 6.10. The molecule has 0 radical (unpaired) electrons. The number of hydrogen-bond donors (Lipinski definition) is 2. The summed E-state index contributed by atoms with van der Waals surface area (Å²) in [5.74, 6) is -0.0912. The maximum atomic E-state index is 12.8. The fourth-order valence-corrected chi connectivity index (χ4v) is 4.24. The second kappa shape index (κ2) is 7.95. The summed E-state index contributed by atoms with van der Waals surface area (Å²) in [4.78, 5) is 25.4. The molecule has 2 aromatic carbocycles. The summed E-state index contributed by atoms with van der Waals surface area (Å²) in [5, 5.41) is 5.98. The molecule has 0 heterocycles. The van der Waals surface area contributed by atoms with Gasteiger partial charge in [-0.2, -0.15) is 0 Å². The van der Waals surface area contributed by atoms with E-state index in [1.165, 1.54) is 24.0 Å². The van der Waals surface area contributed by atoms with Crippen LogP contribution >= 0.6 is 0 Å². The molecule has 1 fully saturated rings. The number of para-hydroxylation sites is 1. The van der Waals surface area contributed by atoms with E-state index in [4.69, 9.17) is 0 Å². The second-order valence-electron chi connectivity index (χ2n) is 7.66. The Hall–Kier alpha value is -2.62. The van der Waals surface area contributed by atoms with Crippen molar-refractivity contribution in [2.45, 2.75) is 51.4 Å². The molecule has 0 spiro atoms. The highest BCUT2D eigenvalue weighted by atomic mass is 16.2. The van der Waals surface area contributed by atoms with Crippen molar-refractivity contribution in [3.63, 3.8) is 0 Å². The molecule has 0 bridgehead atoms. The standard InChI is InChI=1S/C23H26N2O2/c26-22(17-7-2-1-3-8-17)25-21-12-5-4-11-20(21)23(27)24-19-14-13-16-9-6-10-18(16)15-19/h4-5,11-15,17H,1-3,6-10H2,(H,24,27)(H,25,26). The molecule has 0 atom stereocenters. The van der Waals surface area contributed by atoms with Crippen LogP contribution < -0.4 is 10.6 Å². The van der Waals surface area contributed by atoms with Gasteiger partial charge in [-0.1, -0.05) is 37.5 Å². The highest BCUT2D eigenvalue weighted by Crippen LogP contribution is 2.27. The Labute approximate surface area is 160 Å². The summed E-state index contributed by atoms with van der Waals surface area (Å²) in [5.41, 5.74) is 4.61. The molecule has 0 saturated heterocycles. The van der Waals surface area contributed by atoms with Gasteiger partial charge in [0, 0.05) is 11.6 Å². The topological polar surface area (TPSA) is 58.2 Å². The van der Waals surface area contributed by atoms with Crippen LogP contribution in [0, 0.1) is 5.92 Å². The molecule has 0 unspecified atom stereocenters. The minimum absolute atomic E-state index is 0.0347. The molecular weight excluding hydrogens is 336 g/mol. The van der Waals surface area contributed by atoms with Crippen LogP contribution in [-0.4, -0.2) is 11.8 Å². The second-order valence-corrected chi connectivity index (χ2v) is 7.66. The molecular formula is C23H26N2O2. The molecule has 2 aliphatic rings. The van der Waals surface area contributed by atoms with Gasteiger partial charge in [0.05, 0.1) is 11.3 Å². The molecule has 0 aliphatic heterocycles. The lowest BCUT2D eigenvalue weighted by Gasteiger charge is -2.21. The van der Waals surface area contributed by atoms with Crippen LogP contribution in [0.2, 0.25) is 0 Å². The van der Waals surface area contributed by atoms with E-state index in [1.807, 2.05) is 18.2 Å². The zero-order valence-electron chi connectivity index (χ0n) is 15.6. The first kappa shape index (κ1) is 17.8. The van der Waals surface area contributed by atoms with E-state index >= 15 is 0 Å². The molecule has 4 heteroatoms. The average Bonchev–Trinajstić information content (AvgIpc) is 3.17. The average molecular weight is 362 g/mol. The first-order chi connectivity index (χ1) is 13.2. The third kappa shape index (κ3) is 4.05. The normalized spacial score (nSPS) is 16.6. The van der Waals surface area contributed by atoms with Crippen molar-refractivity contribution in [1.82, 2.24) is 0 Å². The minimum Gasteiger partial charge on any atom is -0.325 e. The predicted octanol–water partition coefficient (Wildman–Crippen LogP) is 4.95. The molecule has 4 rings (SSSR count). The van der Waals surface area contributed by atoms with Crippen molar-refractivity contribution >= 4 is 23.2 Å². The largest absolute Gasteiger partial charge is 0.325 e. The monoisotopic (exact) mass is 362 g/mol. The fourth-order valence-electron chi connectivity index (χ4n) is 4.24. The van der Waals surface area contributed by atoms with Crippen LogP contribution in [0.3, 0.4) is 0 Å². The van der Waals surface area contributed by atoms with Gasteiger partial charge in [0.1, 0.15) is 0 Å². The summed E-state index contributed by atoms with van der Waals surface area (Å²) >= 11 is 0. The summed E-state index contributed by atoms with van der Waals surface area (Å²) in [6.07, 6.45) is 8.70. The Balaban J connectivity index is 1.48. The SMILES string of the molecule is O=C(Nc1ccc2c(c1)CCC2)c1ccccc1NC(=O)C1CCCCC1. The van der Waals surface area contributed by atoms with E-state index in [9.17, 15) is 9.59 Å². The minimum atomic E-state index is -0.188. The maximum Gasteiger partial charge on any atom is 0.257 e. The number of hydrogen-bond acceptors (Lipinski definition) is 2. The number of aryl methyl sites for hydroxylation is 2. The van der Waals surface area contributed by atoms with Gasteiger partial charge in [0.25, 0.3) is 5.91 Å². The zero-order valence-corrected chi connectivity index (χ0v) is 15.6. The molecule has 2 N–H and O–H groups in total. The zero-order chi connectivity index (χ0) is 18.6. The lowest BCUT2D eigenvalue weighted by molar-refractivity contribution is -0.120. The van der Waals surface area contributed by atoms with Gasteiger partial charge in [0.15, 0.2) is 0 Å². The number of carbonyl (C=O) groups is 2. The highest BCUT2D eigenvalue weighted by Gasteiger charge is 2.22. The van der Waals surface area contributed by atoms with E-state index < -0.39 is 0 Å². The molecule has 2 aliphatic carbocycles. The Morgan fingerprint density at radius 2 is 1.59 bits per heavy atom. The van der Waals surface area contributed by atoms with Crippen LogP contribution in [0.15, 0.2) is 42.5 Å². The summed E-state index contributed by atoms with van der Waals surface area (Å²) in [7, 11) is 0. The molecule has 2 aromatic rings. The number of benzene rings is 2. The number of anilines is 2. The third-order valence-corrected chi connectivity index (χ3v) is 5.76. The van der Waals surface area contributed by atoms with Gasteiger partial charge in [-0.3, -0.25) is 9.59 Å². The van der Waals surface area contributed by atoms with Crippen molar-refractivity contribution in [2.24, 2.45) is 5.92 Å². The van der Waals surface area contributed by atoms with Crippen molar-refractivity contribution in [2.75, 3.05) is 10.6 Å². The van der Waals surface area contributed by atoms with E-state index in [1.54, 1.807) is 12.1 Å². The first-order valence-electron chi connectivity index (χ1n) is 10.0. The molecule has 140 valence electrons. The molecule has 0 aromatic heterocycles. The van der Waals surface area contributed by atoms with Crippen molar-refractivity contribution in [3.05, 3.63) is 59.2 Å². The Bertz CT molecular complexity index is 853. The smallest absolute Gasteiger partial charge is 0.257 e. The predicted molar refractivity (Wildman–Crippen MR) is 108 cm³/mol. The number of rotatable bonds is 4. The van der Waals surface area contributed by atoms with Gasteiger partial charge < -0.3 is 10.6 Å². The van der Waals surface area contributed by atoms with E-state index in [2.05, 4.69) is 22.8 Å². The summed E-state index contributed by atoms with van der Waals surface area (Å²) in [6.45, 7) is 0. The number of fused-ring (bicyclic) bond motifs is 1.